The Bertz CT molecular complexity index is 362. The Hall–Kier alpha value is -1.16. The van der Waals surface area contributed by atoms with Gasteiger partial charge in [-0.2, -0.15) is 0 Å². The van der Waals surface area contributed by atoms with Gasteiger partial charge in [-0.25, -0.2) is 8.78 Å². The van der Waals surface area contributed by atoms with Crippen LogP contribution in [0.25, 0.3) is 0 Å². The maximum absolute atomic E-state index is 13.6. The zero-order chi connectivity index (χ0) is 10.8. The van der Waals surface area contributed by atoms with E-state index in [2.05, 4.69) is 5.32 Å². The van der Waals surface area contributed by atoms with E-state index in [9.17, 15) is 8.78 Å². The van der Waals surface area contributed by atoms with Gasteiger partial charge in [-0.15, -0.1) is 0 Å². The third kappa shape index (κ3) is 1.95. The maximum atomic E-state index is 13.6. The van der Waals surface area contributed by atoms with Gasteiger partial charge in [-0.1, -0.05) is 0 Å². The fraction of sp³-hybridized carbons (Fsp3) is 0.455. The third-order valence-corrected chi connectivity index (χ3v) is 2.71. The molecule has 0 saturated carbocycles. The van der Waals surface area contributed by atoms with Gasteiger partial charge < -0.3 is 10.1 Å². The van der Waals surface area contributed by atoms with Crippen molar-refractivity contribution in [2.75, 3.05) is 13.7 Å². The van der Waals surface area contributed by atoms with Gasteiger partial charge in [-0.3, -0.25) is 0 Å². The molecule has 0 aliphatic carbocycles. The lowest BCUT2D eigenvalue weighted by Gasteiger charge is -2.13. The number of hydrogen-bond acceptors (Lipinski definition) is 2. The molecule has 1 heterocycles. The van der Waals surface area contributed by atoms with Crippen molar-refractivity contribution >= 4 is 0 Å². The van der Waals surface area contributed by atoms with E-state index in [1.54, 1.807) is 0 Å². The molecule has 1 aliphatic heterocycles. The second-order valence-corrected chi connectivity index (χ2v) is 3.66. The van der Waals surface area contributed by atoms with E-state index in [1.165, 1.54) is 13.2 Å². The number of halogens is 2. The van der Waals surface area contributed by atoms with Crippen molar-refractivity contribution in [3.05, 3.63) is 29.3 Å². The minimum absolute atomic E-state index is 0.0470. The highest BCUT2D eigenvalue weighted by atomic mass is 19.1. The molecule has 1 saturated heterocycles. The summed E-state index contributed by atoms with van der Waals surface area (Å²) in [6.45, 7) is 0.859. The van der Waals surface area contributed by atoms with Crippen molar-refractivity contribution < 1.29 is 13.5 Å². The normalized spacial score (nSPS) is 20.6. The van der Waals surface area contributed by atoms with E-state index in [0.29, 0.717) is 5.56 Å². The summed E-state index contributed by atoms with van der Waals surface area (Å²) in [6, 6.07) is 2.26. The predicted octanol–water partition coefficient (Wildman–Crippen LogP) is 2.40. The van der Waals surface area contributed by atoms with Gasteiger partial charge in [0.15, 0.2) is 11.6 Å². The van der Waals surface area contributed by atoms with E-state index in [1.807, 2.05) is 0 Å². The number of benzene rings is 1. The van der Waals surface area contributed by atoms with Crippen LogP contribution in [0.5, 0.6) is 5.75 Å². The number of hydrogen-bond donors (Lipinski definition) is 1. The van der Waals surface area contributed by atoms with Gasteiger partial charge in [0.1, 0.15) is 5.82 Å². The number of nitrogens with one attached hydrogen (secondary N) is 1. The maximum Gasteiger partial charge on any atom is 0.165 e. The van der Waals surface area contributed by atoms with Gasteiger partial charge in [0.2, 0.25) is 0 Å². The topological polar surface area (TPSA) is 21.3 Å². The highest BCUT2D eigenvalue weighted by molar-refractivity contribution is 5.32. The van der Waals surface area contributed by atoms with Crippen molar-refractivity contribution in [1.82, 2.24) is 5.32 Å². The smallest absolute Gasteiger partial charge is 0.165 e. The quantitative estimate of drug-likeness (QED) is 0.814. The Labute approximate surface area is 87.2 Å². The van der Waals surface area contributed by atoms with Gasteiger partial charge in [0.25, 0.3) is 0 Å². The molecule has 82 valence electrons. The molecule has 0 spiro atoms. The lowest BCUT2D eigenvalue weighted by molar-refractivity contribution is 0.380. The summed E-state index contributed by atoms with van der Waals surface area (Å²) in [4.78, 5) is 0. The highest BCUT2D eigenvalue weighted by Crippen LogP contribution is 2.29. The van der Waals surface area contributed by atoms with Crippen LogP contribution in [0.1, 0.15) is 24.4 Å². The molecule has 1 fully saturated rings. The first-order chi connectivity index (χ1) is 7.22. The minimum Gasteiger partial charge on any atom is -0.494 e. The molecule has 0 unspecified atom stereocenters. The standard InChI is InChI=1S/C11H13F2NO/c1-15-11-6-8(12)7(5-9(11)13)10-3-2-4-14-10/h5-6,10,14H,2-4H2,1H3/t10-/m1/s1. The Morgan fingerprint density at radius 2 is 2.13 bits per heavy atom. The van der Waals surface area contributed by atoms with Crippen LogP contribution in [-0.2, 0) is 0 Å². The van der Waals surface area contributed by atoms with Crippen molar-refractivity contribution in [2.24, 2.45) is 0 Å². The van der Waals surface area contributed by atoms with E-state index in [4.69, 9.17) is 4.74 Å². The molecule has 2 nitrogen and oxygen atoms in total. The van der Waals surface area contributed by atoms with Crippen LogP contribution in [0.15, 0.2) is 12.1 Å². The Morgan fingerprint density at radius 1 is 1.33 bits per heavy atom. The number of ether oxygens (including phenoxy) is 1. The lowest BCUT2D eigenvalue weighted by atomic mass is 10.0. The van der Waals surface area contributed by atoms with Crippen LogP contribution < -0.4 is 10.1 Å². The van der Waals surface area contributed by atoms with Gasteiger partial charge in [-0.05, 0) is 25.5 Å². The summed E-state index contributed by atoms with van der Waals surface area (Å²) in [5.74, 6) is -0.968. The zero-order valence-corrected chi connectivity index (χ0v) is 8.52. The summed E-state index contributed by atoms with van der Waals surface area (Å²) < 4.78 is 31.7. The second-order valence-electron chi connectivity index (χ2n) is 3.66. The predicted molar refractivity (Wildman–Crippen MR) is 52.9 cm³/mol. The fourth-order valence-electron chi connectivity index (χ4n) is 1.92. The number of methoxy groups -OCH3 is 1. The molecule has 1 aliphatic rings. The van der Waals surface area contributed by atoms with Gasteiger partial charge in [0, 0.05) is 17.7 Å². The van der Waals surface area contributed by atoms with Gasteiger partial charge in [0.05, 0.1) is 7.11 Å². The minimum atomic E-state index is -0.511. The van der Waals surface area contributed by atoms with E-state index < -0.39 is 11.6 Å². The highest BCUT2D eigenvalue weighted by Gasteiger charge is 2.21. The zero-order valence-electron chi connectivity index (χ0n) is 8.52. The first-order valence-electron chi connectivity index (χ1n) is 4.98. The molecule has 0 radical (unpaired) electrons. The van der Waals surface area contributed by atoms with E-state index in [-0.39, 0.29) is 11.8 Å². The first-order valence-corrected chi connectivity index (χ1v) is 4.98. The SMILES string of the molecule is COc1cc(F)c([C@H]2CCCN2)cc1F. The molecule has 0 bridgehead atoms. The average molecular weight is 213 g/mol. The molecule has 2 rings (SSSR count). The van der Waals surface area contributed by atoms with Gasteiger partial charge >= 0.3 is 0 Å². The molecule has 1 aromatic carbocycles. The molecule has 1 N–H and O–H groups in total. The molecule has 1 atom stereocenters. The van der Waals surface area contributed by atoms with Crippen LogP contribution >= 0.6 is 0 Å². The molecule has 15 heavy (non-hydrogen) atoms. The first kappa shape index (κ1) is 10.4. The van der Waals surface area contributed by atoms with Crippen molar-refractivity contribution in [3.8, 4) is 5.75 Å². The molecular formula is C11H13F2NO. The van der Waals surface area contributed by atoms with Crippen LogP contribution in [0, 0.1) is 11.6 Å². The summed E-state index contributed by atoms with van der Waals surface area (Å²) in [6.07, 6.45) is 1.85. The largest absolute Gasteiger partial charge is 0.494 e. The second kappa shape index (κ2) is 4.14. The summed E-state index contributed by atoms with van der Waals surface area (Å²) in [7, 11) is 1.32. The Balaban J connectivity index is 2.35. The third-order valence-electron chi connectivity index (χ3n) is 2.71. The van der Waals surface area contributed by atoms with Crippen molar-refractivity contribution in [2.45, 2.75) is 18.9 Å². The van der Waals surface area contributed by atoms with Crippen molar-refractivity contribution in [3.63, 3.8) is 0 Å². The molecular weight excluding hydrogens is 200 g/mol. The summed E-state index contributed by atoms with van der Waals surface area (Å²) >= 11 is 0. The number of rotatable bonds is 2. The Morgan fingerprint density at radius 3 is 2.73 bits per heavy atom. The van der Waals surface area contributed by atoms with Crippen LogP contribution in [0.4, 0.5) is 8.78 Å². The molecule has 1 aromatic rings. The molecule has 0 amide bonds. The molecule has 0 aromatic heterocycles. The lowest BCUT2D eigenvalue weighted by Crippen LogP contribution is -2.14. The average Bonchev–Trinajstić information content (AvgIpc) is 2.74. The molecule has 4 heteroatoms. The Kier molecular flexibility index (Phi) is 2.86. The van der Waals surface area contributed by atoms with Crippen LogP contribution in [0.2, 0.25) is 0 Å². The fourth-order valence-corrected chi connectivity index (χ4v) is 1.92. The van der Waals surface area contributed by atoms with Crippen LogP contribution in [0.3, 0.4) is 0 Å². The van der Waals surface area contributed by atoms with Crippen LogP contribution in [-0.4, -0.2) is 13.7 Å². The van der Waals surface area contributed by atoms with Crippen molar-refractivity contribution in [1.29, 1.82) is 0 Å². The summed E-state index contributed by atoms with van der Waals surface area (Å²) in [5.41, 5.74) is 0.394. The van der Waals surface area contributed by atoms with E-state index in [0.717, 1.165) is 25.5 Å². The summed E-state index contributed by atoms with van der Waals surface area (Å²) in [5, 5.41) is 3.13. The van der Waals surface area contributed by atoms with E-state index >= 15 is 0 Å². The monoisotopic (exact) mass is 213 g/mol.